The van der Waals surface area contributed by atoms with E-state index in [4.69, 9.17) is 5.73 Å². The summed E-state index contributed by atoms with van der Waals surface area (Å²) >= 11 is 0. The third kappa shape index (κ3) is 4.72. The number of fused-ring (bicyclic) bond motifs is 1. The van der Waals surface area contributed by atoms with Crippen LogP contribution in [0.4, 0.5) is 17.6 Å². The fourth-order valence-electron chi connectivity index (χ4n) is 5.14. The number of nitrogens with one attached hydrogen (secondary N) is 1. The lowest BCUT2D eigenvalue weighted by Crippen LogP contribution is -2.42. The molecule has 2 fully saturated rings. The van der Waals surface area contributed by atoms with Crippen molar-refractivity contribution < 1.29 is 30.8 Å². The molecule has 198 valence electrons. The van der Waals surface area contributed by atoms with Crippen molar-refractivity contribution in [2.75, 3.05) is 0 Å². The summed E-state index contributed by atoms with van der Waals surface area (Å²) in [5.41, 5.74) is 7.67. The Kier molecular flexibility index (Phi) is 6.30. The molecule has 1 atom stereocenters. The predicted molar refractivity (Wildman–Crippen MR) is 129 cm³/mol. The number of primary amides is 1. The van der Waals surface area contributed by atoms with E-state index in [0.29, 0.717) is 29.1 Å². The number of hydrogen-bond acceptors (Lipinski definition) is 4. The first kappa shape index (κ1) is 25.7. The zero-order chi connectivity index (χ0) is 26.7. The van der Waals surface area contributed by atoms with Crippen molar-refractivity contribution in [3.05, 3.63) is 47.4 Å². The van der Waals surface area contributed by atoms with E-state index < -0.39 is 38.9 Å². The van der Waals surface area contributed by atoms with E-state index in [1.165, 1.54) is 12.1 Å². The molecule has 0 radical (unpaired) electrons. The van der Waals surface area contributed by atoms with Gasteiger partial charge in [-0.15, -0.1) is 0 Å². The molecule has 7 nitrogen and oxygen atoms in total. The standard InChI is InChI=1S/C25H26F4N4O3S/c1-13(25(27,28)29)32-37(35,36)16-8-9-20(31-12-16)23-22(24(30)34)18-10-19(26)17(14-6-7-14)11-21(18)33(23)15-4-2-3-5-15/h8-15,32H,2-7H2,1H3,(H2,30,34)/t13-/m0/s1. The number of sulfonamides is 1. The number of pyridine rings is 1. The summed E-state index contributed by atoms with van der Waals surface area (Å²) in [7, 11) is -4.51. The van der Waals surface area contributed by atoms with Gasteiger partial charge in [0.15, 0.2) is 0 Å². The summed E-state index contributed by atoms with van der Waals surface area (Å²) in [5, 5.41) is 0.357. The second-order valence-electron chi connectivity index (χ2n) is 9.83. The lowest BCUT2D eigenvalue weighted by Gasteiger charge is -2.19. The maximum atomic E-state index is 15.0. The Balaban J connectivity index is 1.65. The molecule has 0 aliphatic heterocycles. The van der Waals surface area contributed by atoms with E-state index in [2.05, 4.69) is 4.98 Å². The Morgan fingerprint density at radius 3 is 2.38 bits per heavy atom. The Morgan fingerprint density at radius 1 is 1.16 bits per heavy atom. The van der Waals surface area contributed by atoms with Crippen LogP contribution in [0, 0.1) is 5.82 Å². The van der Waals surface area contributed by atoms with Crippen molar-refractivity contribution in [2.45, 2.75) is 74.5 Å². The molecule has 2 saturated carbocycles. The van der Waals surface area contributed by atoms with Crippen LogP contribution in [0.5, 0.6) is 0 Å². The number of carbonyl (C=O) groups excluding carboxylic acids is 1. The fraction of sp³-hybridized carbons (Fsp3) is 0.440. The summed E-state index contributed by atoms with van der Waals surface area (Å²) in [6.45, 7) is 0.702. The number of benzene rings is 1. The van der Waals surface area contributed by atoms with Gasteiger partial charge in [0.1, 0.15) is 16.8 Å². The SMILES string of the molecule is C[C@H](NS(=O)(=O)c1ccc(-c2c(C(N)=O)c3cc(F)c(C4CC4)cc3n2C2CCCC2)nc1)C(F)(F)F. The van der Waals surface area contributed by atoms with E-state index in [9.17, 15) is 26.4 Å². The van der Waals surface area contributed by atoms with Crippen molar-refractivity contribution in [3.63, 3.8) is 0 Å². The van der Waals surface area contributed by atoms with Gasteiger partial charge in [0.2, 0.25) is 10.0 Å². The monoisotopic (exact) mass is 538 g/mol. The van der Waals surface area contributed by atoms with Gasteiger partial charge in [0, 0.05) is 17.6 Å². The van der Waals surface area contributed by atoms with Crippen LogP contribution in [0.25, 0.3) is 22.3 Å². The molecule has 37 heavy (non-hydrogen) atoms. The molecule has 5 rings (SSSR count). The maximum Gasteiger partial charge on any atom is 0.404 e. The van der Waals surface area contributed by atoms with Gasteiger partial charge < -0.3 is 10.3 Å². The van der Waals surface area contributed by atoms with Crippen LogP contribution < -0.4 is 10.5 Å². The first-order valence-corrected chi connectivity index (χ1v) is 13.6. The zero-order valence-electron chi connectivity index (χ0n) is 20.0. The minimum absolute atomic E-state index is 0.00243. The van der Waals surface area contributed by atoms with Gasteiger partial charge in [0.25, 0.3) is 5.91 Å². The third-order valence-corrected chi connectivity index (χ3v) is 8.71. The molecule has 12 heteroatoms. The topological polar surface area (TPSA) is 107 Å². The van der Waals surface area contributed by atoms with Crippen molar-refractivity contribution in [2.24, 2.45) is 5.73 Å². The number of nitrogens with zero attached hydrogens (tertiary/aromatic N) is 2. The zero-order valence-corrected chi connectivity index (χ0v) is 20.8. The minimum Gasteiger partial charge on any atom is -0.366 e. The van der Waals surface area contributed by atoms with Crippen LogP contribution in [0.2, 0.25) is 0 Å². The van der Waals surface area contributed by atoms with Crippen molar-refractivity contribution in [1.82, 2.24) is 14.3 Å². The van der Waals surface area contributed by atoms with Crippen LogP contribution >= 0.6 is 0 Å². The predicted octanol–water partition coefficient (Wildman–Crippen LogP) is 5.16. The quantitative estimate of drug-likeness (QED) is 0.405. The van der Waals surface area contributed by atoms with E-state index in [1.807, 2.05) is 4.57 Å². The third-order valence-electron chi connectivity index (χ3n) is 7.19. The Labute approximate surface area is 211 Å². The van der Waals surface area contributed by atoms with Crippen molar-refractivity contribution in [1.29, 1.82) is 0 Å². The van der Waals surface area contributed by atoms with Crippen LogP contribution in [0.3, 0.4) is 0 Å². The van der Waals surface area contributed by atoms with Crippen LogP contribution in [-0.4, -0.2) is 36.1 Å². The molecule has 2 aliphatic rings. The molecule has 0 bridgehead atoms. The molecule has 3 N–H and O–H groups in total. The highest BCUT2D eigenvalue weighted by Gasteiger charge is 2.39. The smallest absolute Gasteiger partial charge is 0.366 e. The second-order valence-corrected chi connectivity index (χ2v) is 11.5. The molecule has 3 aromatic rings. The number of rotatable bonds is 7. The number of amides is 1. The Morgan fingerprint density at radius 2 is 1.84 bits per heavy atom. The molecule has 2 aromatic heterocycles. The first-order valence-electron chi connectivity index (χ1n) is 12.1. The summed E-state index contributed by atoms with van der Waals surface area (Å²) in [6.07, 6.45) is 1.57. The summed E-state index contributed by atoms with van der Waals surface area (Å²) < 4.78 is 82.2. The second kappa shape index (κ2) is 9.09. The van der Waals surface area contributed by atoms with Gasteiger partial charge in [-0.2, -0.15) is 17.9 Å². The van der Waals surface area contributed by atoms with Gasteiger partial charge in [-0.25, -0.2) is 12.8 Å². The molecule has 2 aliphatic carbocycles. The highest BCUT2D eigenvalue weighted by atomic mass is 32.2. The molecule has 1 aromatic carbocycles. The number of halogens is 4. The highest BCUT2D eigenvalue weighted by Crippen LogP contribution is 2.46. The normalized spacial score (nSPS) is 18.0. The summed E-state index contributed by atoms with van der Waals surface area (Å²) in [4.78, 5) is 16.4. The van der Waals surface area contributed by atoms with E-state index >= 15 is 4.39 Å². The van der Waals surface area contributed by atoms with E-state index in [1.54, 1.807) is 10.8 Å². The number of hydrogen-bond donors (Lipinski definition) is 2. The number of aromatic nitrogens is 2. The van der Waals surface area contributed by atoms with E-state index in [0.717, 1.165) is 50.8 Å². The van der Waals surface area contributed by atoms with Crippen molar-refractivity contribution >= 4 is 26.8 Å². The van der Waals surface area contributed by atoms with Gasteiger partial charge in [0.05, 0.1) is 22.5 Å². The molecule has 0 spiro atoms. The summed E-state index contributed by atoms with van der Waals surface area (Å²) in [5.74, 6) is -1.06. The molecule has 2 heterocycles. The summed E-state index contributed by atoms with van der Waals surface area (Å²) in [6, 6.07) is 3.28. The van der Waals surface area contributed by atoms with Crippen molar-refractivity contribution in [3.8, 4) is 11.4 Å². The molecular formula is C25H26F4N4O3S. The van der Waals surface area contributed by atoms with Gasteiger partial charge in [-0.3, -0.25) is 9.78 Å². The maximum absolute atomic E-state index is 15.0. The molecule has 0 saturated heterocycles. The average Bonchev–Trinajstić information content (AvgIpc) is 3.41. The van der Waals surface area contributed by atoms with Gasteiger partial charge in [-0.1, -0.05) is 12.8 Å². The van der Waals surface area contributed by atoms with Crippen LogP contribution in [0.1, 0.15) is 73.3 Å². The molecule has 1 amide bonds. The largest absolute Gasteiger partial charge is 0.404 e. The lowest BCUT2D eigenvalue weighted by atomic mass is 10.0. The van der Waals surface area contributed by atoms with Gasteiger partial charge in [-0.05, 0) is 68.4 Å². The Hall–Kier alpha value is -2.99. The van der Waals surface area contributed by atoms with Crippen LogP contribution in [-0.2, 0) is 10.0 Å². The first-order chi connectivity index (χ1) is 17.4. The van der Waals surface area contributed by atoms with E-state index in [-0.39, 0.29) is 23.2 Å². The molecular weight excluding hydrogens is 512 g/mol. The minimum atomic E-state index is -4.76. The fourth-order valence-corrected chi connectivity index (χ4v) is 6.32. The lowest BCUT2D eigenvalue weighted by molar-refractivity contribution is -0.147. The average molecular weight is 539 g/mol. The number of alkyl halides is 3. The number of carbonyl (C=O) groups is 1. The highest BCUT2D eigenvalue weighted by molar-refractivity contribution is 7.89. The number of nitrogens with two attached hydrogens (primary N) is 1. The Bertz CT molecular complexity index is 1470. The molecule has 0 unspecified atom stereocenters. The van der Waals surface area contributed by atoms with Crippen LogP contribution in [0.15, 0.2) is 35.4 Å². The van der Waals surface area contributed by atoms with Gasteiger partial charge >= 0.3 is 6.18 Å².